The van der Waals surface area contributed by atoms with Gasteiger partial charge in [-0.2, -0.15) is 10.2 Å². The van der Waals surface area contributed by atoms with Gasteiger partial charge in [-0.3, -0.25) is 9.36 Å². The van der Waals surface area contributed by atoms with Crippen LogP contribution in [0.3, 0.4) is 0 Å². The number of nitrogens with one attached hydrogen (secondary N) is 1. The van der Waals surface area contributed by atoms with Crippen molar-refractivity contribution >= 4 is 5.69 Å². The van der Waals surface area contributed by atoms with Crippen LogP contribution < -0.4 is 5.32 Å². The molecule has 0 bridgehead atoms. The van der Waals surface area contributed by atoms with Crippen molar-refractivity contribution in [2.75, 3.05) is 5.32 Å². The Morgan fingerprint density at radius 3 is 2.41 bits per heavy atom. The van der Waals surface area contributed by atoms with Crippen molar-refractivity contribution in [3.8, 4) is 0 Å². The molecule has 0 fully saturated rings. The van der Waals surface area contributed by atoms with Gasteiger partial charge in [0.2, 0.25) is 0 Å². The second-order valence-electron chi connectivity index (χ2n) is 4.42. The number of aromatic nitrogens is 4. The fraction of sp³-hybridized carbons (Fsp3) is 0.500. The number of hydrogen-bond donors (Lipinski definition) is 1. The van der Waals surface area contributed by atoms with E-state index < -0.39 is 0 Å². The lowest BCUT2D eigenvalue weighted by Gasteiger charge is -2.15. The molecule has 2 heterocycles. The molecular formula is C12H19N5. The SMILES string of the molecule is Cc1nn(C)c(C)c1NC(C)c1ccnn1C. The molecule has 5 nitrogen and oxygen atoms in total. The monoisotopic (exact) mass is 233 g/mol. The summed E-state index contributed by atoms with van der Waals surface area (Å²) < 4.78 is 3.78. The third-order valence-corrected chi connectivity index (χ3v) is 3.17. The first-order valence-corrected chi connectivity index (χ1v) is 5.75. The summed E-state index contributed by atoms with van der Waals surface area (Å²) in [5, 5.41) is 12.1. The van der Waals surface area contributed by atoms with E-state index in [-0.39, 0.29) is 6.04 Å². The van der Waals surface area contributed by atoms with Crippen molar-refractivity contribution in [1.82, 2.24) is 19.6 Å². The molecule has 0 radical (unpaired) electrons. The van der Waals surface area contributed by atoms with E-state index in [1.165, 1.54) is 0 Å². The molecule has 1 N–H and O–H groups in total. The highest BCUT2D eigenvalue weighted by atomic mass is 15.3. The average Bonchev–Trinajstić information content (AvgIpc) is 2.78. The van der Waals surface area contributed by atoms with E-state index in [9.17, 15) is 0 Å². The molecule has 0 saturated heterocycles. The number of anilines is 1. The Hall–Kier alpha value is -1.78. The van der Waals surface area contributed by atoms with Crippen LogP contribution in [0.15, 0.2) is 12.3 Å². The maximum absolute atomic E-state index is 4.40. The van der Waals surface area contributed by atoms with Gasteiger partial charge in [0, 0.05) is 20.3 Å². The average molecular weight is 233 g/mol. The van der Waals surface area contributed by atoms with E-state index in [0.29, 0.717) is 0 Å². The Kier molecular flexibility index (Phi) is 2.92. The molecule has 1 atom stereocenters. The van der Waals surface area contributed by atoms with Gasteiger partial charge in [-0.1, -0.05) is 0 Å². The van der Waals surface area contributed by atoms with E-state index in [4.69, 9.17) is 0 Å². The third kappa shape index (κ3) is 2.05. The topological polar surface area (TPSA) is 47.7 Å². The molecule has 0 spiro atoms. The van der Waals surface area contributed by atoms with Crippen molar-refractivity contribution in [2.45, 2.75) is 26.8 Å². The standard InChI is InChI=1S/C12H19N5/c1-8(11-6-7-13-17(11)5)14-12-9(2)15-16(4)10(12)3/h6-8,14H,1-5H3. The molecule has 0 aliphatic heterocycles. The minimum atomic E-state index is 0.212. The lowest BCUT2D eigenvalue weighted by atomic mass is 10.2. The van der Waals surface area contributed by atoms with Crippen LogP contribution in [0.2, 0.25) is 0 Å². The lowest BCUT2D eigenvalue weighted by molar-refractivity contribution is 0.675. The number of nitrogens with zero attached hydrogens (tertiary/aromatic N) is 4. The molecule has 1 unspecified atom stereocenters. The number of rotatable bonds is 3. The van der Waals surface area contributed by atoms with E-state index in [1.54, 1.807) is 0 Å². The highest BCUT2D eigenvalue weighted by Gasteiger charge is 2.14. The summed E-state index contributed by atoms with van der Waals surface area (Å²) in [6.07, 6.45) is 1.82. The van der Waals surface area contributed by atoms with Gasteiger partial charge < -0.3 is 5.32 Å². The first-order valence-electron chi connectivity index (χ1n) is 5.75. The van der Waals surface area contributed by atoms with Gasteiger partial charge in [-0.25, -0.2) is 0 Å². The van der Waals surface area contributed by atoms with Crippen molar-refractivity contribution in [2.24, 2.45) is 14.1 Å². The normalized spacial score (nSPS) is 12.8. The maximum Gasteiger partial charge on any atom is 0.0828 e. The molecule has 0 aromatic carbocycles. The molecule has 92 valence electrons. The molecular weight excluding hydrogens is 214 g/mol. The quantitative estimate of drug-likeness (QED) is 0.881. The molecule has 2 aromatic heterocycles. The molecule has 0 aliphatic carbocycles. The number of hydrogen-bond acceptors (Lipinski definition) is 3. The maximum atomic E-state index is 4.40. The Morgan fingerprint density at radius 1 is 1.24 bits per heavy atom. The largest absolute Gasteiger partial charge is 0.374 e. The van der Waals surface area contributed by atoms with E-state index in [0.717, 1.165) is 22.8 Å². The lowest BCUT2D eigenvalue weighted by Crippen LogP contribution is -2.12. The van der Waals surface area contributed by atoms with Crippen molar-refractivity contribution in [3.63, 3.8) is 0 Å². The summed E-state index contributed by atoms with van der Waals surface area (Å²) in [7, 11) is 3.92. The minimum absolute atomic E-state index is 0.212. The summed E-state index contributed by atoms with van der Waals surface area (Å²) in [6.45, 7) is 6.21. The van der Waals surface area contributed by atoms with E-state index in [1.807, 2.05) is 42.6 Å². The number of aryl methyl sites for hydroxylation is 3. The summed E-state index contributed by atoms with van der Waals surface area (Å²) in [5.41, 5.74) is 4.45. The van der Waals surface area contributed by atoms with Crippen LogP contribution >= 0.6 is 0 Å². The van der Waals surface area contributed by atoms with Crippen molar-refractivity contribution < 1.29 is 0 Å². The first-order chi connectivity index (χ1) is 8.00. The molecule has 0 aliphatic rings. The second kappa shape index (κ2) is 4.24. The smallest absolute Gasteiger partial charge is 0.0828 e. The molecule has 2 rings (SSSR count). The first kappa shape index (κ1) is 11.7. The summed E-state index contributed by atoms with van der Waals surface area (Å²) in [5.74, 6) is 0. The Labute approximate surface area is 101 Å². The van der Waals surface area contributed by atoms with Crippen molar-refractivity contribution in [3.05, 3.63) is 29.3 Å². The van der Waals surface area contributed by atoms with Crippen molar-refractivity contribution in [1.29, 1.82) is 0 Å². The van der Waals surface area contributed by atoms with E-state index >= 15 is 0 Å². The molecule has 2 aromatic rings. The van der Waals surface area contributed by atoms with Crippen LogP contribution in [0.25, 0.3) is 0 Å². The minimum Gasteiger partial charge on any atom is -0.374 e. The summed E-state index contributed by atoms with van der Waals surface area (Å²) in [4.78, 5) is 0. The van der Waals surface area contributed by atoms with Crippen LogP contribution in [0, 0.1) is 13.8 Å². The Balaban J connectivity index is 2.24. The van der Waals surface area contributed by atoms with Crippen LogP contribution in [0.1, 0.15) is 30.0 Å². The van der Waals surface area contributed by atoms with Gasteiger partial charge in [0.25, 0.3) is 0 Å². The van der Waals surface area contributed by atoms with Gasteiger partial charge >= 0.3 is 0 Å². The zero-order valence-electron chi connectivity index (χ0n) is 11.0. The fourth-order valence-electron chi connectivity index (χ4n) is 2.08. The fourth-order valence-corrected chi connectivity index (χ4v) is 2.08. The van der Waals surface area contributed by atoms with Crippen LogP contribution in [0.5, 0.6) is 0 Å². The predicted octanol–water partition coefficient (Wildman–Crippen LogP) is 1.94. The van der Waals surface area contributed by atoms with Crippen LogP contribution in [-0.2, 0) is 14.1 Å². The highest BCUT2D eigenvalue weighted by molar-refractivity contribution is 5.53. The van der Waals surface area contributed by atoms with Crippen LogP contribution in [-0.4, -0.2) is 19.6 Å². The summed E-state index contributed by atoms with van der Waals surface area (Å²) in [6, 6.07) is 2.24. The van der Waals surface area contributed by atoms with Gasteiger partial charge in [0.15, 0.2) is 0 Å². The van der Waals surface area contributed by atoms with E-state index in [2.05, 4.69) is 29.4 Å². The zero-order valence-corrected chi connectivity index (χ0v) is 11.0. The van der Waals surface area contributed by atoms with Crippen LogP contribution in [0.4, 0.5) is 5.69 Å². The zero-order chi connectivity index (χ0) is 12.6. The summed E-state index contributed by atoms with van der Waals surface area (Å²) >= 11 is 0. The molecule has 5 heteroatoms. The molecule has 17 heavy (non-hydrogen) atoms. The van der Waals surface area contributed by atoms with Gasteiger partial charge in [0.1, 0.15) is 0 Å². The highest BCUT2D eigenvalue weighted by Crippen LogP contribution is 2.24. The second-order valence-corrected chi connectivity index (χ2v) is 4.42. The van der Waals surface area contributed by atoms with Gasteiger partial charge in [-0.15, -0.1) is 0 Å². The molecule has 0 amide bonds. The van der Waals surface area contributed by atoms with Gasteiger partial charge in [0.05, 0.1) is 28.8 Å². The Bertz CT molecular complexity index is 523. The third-order valence-electron chi connectivity index (χ3n) is 3.17. The Morgan fingerprint density at radius 2 is 1.94 bits per heavy atom. The predicted molar refractivity (Wildman–Crippen MR) is 67.9 cm³/mol. The van der Waals surface area contributed by atoms with Gasteiger partial charge in [-0.05, 0) is 26.8 Å². The molecule has 0 saturated carbocycles.